The highest BCUT2D eigenvalue weighted by molar-refractivity contribution is 5.28. The lowest BCUT2D eigenvalue weighted by Gasteiger charge is -2.43. The maximum Gasteiger partial charge on any atom is 0.0746 e. The molecular weight excluding hydrogens is 266 g/mol. The van der Waals surface area contributed by atoms with Gasteiger partial charge in [0.15, 0.2) is 0 Å². The van der Waals surface area contributed by atoms with Gasteiger partial charge in [0.1, 0.15) is 0 Å². The molecule has 2 fully saturated rings. The Hall–Kier alpha value is -0.910. The molecule has 3 heterocycles. The van der Waals surface area contributed by atoms with E-state index in [0.717, 1.165) is 51.2 Å². The zero-order chi connectivity index (χ0) is 15.0. The monoisotopic (exact) mass is 293 g/mol. The number of aryl methyl sites for hydroxylation is 1. The molecular formula is C16H27N3O2. The van der Waals surface area contributed by atoms with Crippen molar-refractivity contribution in [3.8, 4) is 0 Å². The minimum absolute atomic E-state index is 0.00194. The molecule has 118 valence electrons. The molecule has 21 heavy (non-hydrogen) atoms. The van der Waals surface area contributed by atoms with Gasteiger partial charge >= 0.3 is 0 Å². The van der Waals surface area contributed by atoms with Crippen LogP contribution >= 0.6 is 0 Å². The fraction of sp³-hybridized carbons (Fsp3) is 0.812. The van der Waals surface area contributed by atoms with E-state index in [9.17, 15) is 0 Å². The van der Waals surface area contributed by atoms with Crippen molar-refractivity contribution in [3.63, 3.8) is 0 Å². The molecule has 5 heteroatoms. The maximum absolute atomic E-state index is 6.14. The topological polar surface area (TPSA) is 62.3 Å². The summed E-state index contributed by atoms with van der Waals surface area (Å²) >= 11 is 0. The van der Waals surface area contributed by atoms with Crippen LogP contribution in [0.4, 0.5) is 0 Å². The van der Waals surface area contributed by atoms with Gasteiger partial charge < -0.3 is 15.2 Å². The summed E-state index contributed by atoms with van der Waals surface area (Å²) in [6.07, 6.45) is 4.07. The Balaban J connectivity index is 1.85. The van der Waals surface area contributed by atoms with E-state index in [4.69, 9.17) is 20.3 Å². The van der Waals surface area contributed by atoms with Crippen LogP contribution in [-0.4, -0.2) is 35.2 Å². The summed E-state index contributed by atoms with van der Waals surface area (Å²) in [4.78, 5) is 0. The van der Waals surface area contributed by atoms with E-state index < -0.39 is 0 Å². The lowest BCUT2D eigenvalue weighted by Crippen LogP contribution is -2.45. The predicted octanol–water partition coefficient (Wildman–Crippen LogP) is 2.42. The van der Waals surface area contributed by atoms with Crippen molar-refractivity contribution in [2.45, 2.75) is 64.1 Å². The average molecular weight is 293 g/mol. The third-order valence-electron chi connectivity index (χ3n) is 5.05. The van der Waals surface area contributed by atoms with Gasteiger partial charge in [0.25, 0.3) is 0 Å². The summed E-state index contributed by atoms with van der Waals surface area (Å²) in [5.74, 6) is 0. The van der Waals surface area contributed by atoms with Crippen LogP contribution in [0.25, 0.3) is 0 Å². The Labute approximate surface area is 126 Å². The summed E-state index contributed by atoms with van der Waals surface area (Å²) in [7, 11) is 0. The first kappa shape index (κ1) is 15.0. The van der Waals surface area contributed by atoms with E-state index in [1.807, 2.05) is 6.92 Å². The van der Waals surface area contributed by atoms with Gasteiger partial charge in [-0.1, -0.05) is 0 Å². The molecule has 2 aliphatic heterocycles. The second kappa shape index (κ2) is 5.71. The Morgan fingerprint density at radius 2 is 2.00 bits per heavy atom. The molecule has 2 N–H and O–H groups in total. The Morgan fingerprint density at radius 1 is 1.29 bits per heavy atom. The molecule has 3 rings (SSSR count). The number of ether oxygens (including phenoxy) is 2. The molecule has 5 nitrogen and oxygen atoms in total. The number of hydrogen-bond acceptors (Lipinski definition) is 4. The molecule has 1 spiro atoms. The van der Waals surface area contributed by atoms with E-state index in [2.05, 4.69) is 18.5 Å². The van der Waals surface area contributed by atoms with Gasteiger partial charge in [0.2, 0.25) is 0 Å². The minimum Gasteiger partial charge on any atom is -0.381 e. The summed E-state index contributed by atoms with van der Waals surface area (Å²) in [6, 6.07) is 0.457. The zero-order valence-electron chi connectivity index (χ0n) is 13.4. The quantitative estimate of drug-likeness (QED) is 0.909. The standard InChI is InChI=1S/C16H27N3O2/c1-11(17)15-12(2)18-19(13(15)3)14-4-7-21-16(10-14)5-8-20-9-6-16/h11,14H,4-10,17H2,1-3H3. The molecule has 2 atom stereocenters. The van der Waals surface area contributed by atoms with Crippen molar-refractivity contribution in [2.75, 3.05) is 19.8 Å². The largest absolute Gasteiger partial charge is 0.381 e. The Kier molecular flexibility index (Phi) is 4.08. The van der Waals surface area contributed by atoms with Crippen molar-refractivity contribution in [2.24, 2.45) is 5.73 Å². The van der Waals surface area contributed by atoms with Crippen LogP contribution in [0, 0.1) is 13.8 Å². The van der Waals surface area contributed by atoms with Crippen LogP contribution in [0.5, 0.6) is 0 Å². The summed E-state index contributed by atoms with van der Waals surface area (Å²) < 4.78 is 13.8. The van der Waals surface area contributed by atoms with Crippen LogP contribution in [0.1, 0.15) is 61.6 Å². The molecule has 0 saturated carbocycles. The number of hydrogen-bond donors (Lipinski definition) is 1. The SMILES string of the molecule is Cc1nn(C2CCOC3(CCOCC3)C2)c(C)c1C(C)N. The average Bonchev–Trinajstić information content (AvgIpc) is 2.75. The number of nitrogens with two attached hydrogens (primary N) is 1. The molecule has 1 aromatic rings. The minimum atomic E-state index is 0.00194. The van der Waals surface area contributed by atoms with Crippen molar-refractivity contribution in [1.82, 2.24) is 9.78 Å². The molecule has 2 aliphatic rings. The van der Waals surface area contributed by atoms with Crippen molar-refractivity contribution < 1.29 is 9.47 Å². The highest BCUT2D eigenvalue weighted by atomic mass is 16.5. The highest BCUT2D eigenvalue weighted by Gasteiger charge is 2.40. The van der Waals surface area contributed by atoms with Crippen LogP contribution < -0.4 is 5.73 Å². The molecule has 0 amide bonds. The van der Waals surface area contributed by atoms with Gasteiger partial charge in [0, 0.05) is 37.1 Å². The normalized spacial score (nSPS) is 27.0. The van der Waals surface area contributed by atoms with Crippen LogP contribution in [-0.2, 0) is 9.47 Å². The first-order chi connectivity index (χ1) is 10.0. The molecule has 0 radical (unpaired) electrons. The maximum atomic E-state index is 6.14. The van der Waals surface area contributed by atoms with Gasteiger partial charge in [-0.25, -0.2) is 0 Å². The molecule has 2 saturated heterocycles. The number of aromatic nitrogens is 2. The molecule has 1 aromatic heterocycles. The molecule has 0 bridgehead atoms. The molecule has 2 unspecified atom stereocenters. The van der Waals surface area contributed by atoms with Gasteiger partial charge in [0.05, 0.1) is 17.3 Å². The number of rotatable bonds is 2. The van der Waals surface area contributed by atoms with E-state index >= 15 is 0 Å². The van der Waals surface area contributed by atoms with E-state index in [1.165, 1.54) is 11.3 Å². The first-order valence-electron chi connectivity index (χ1n) is 8.05. The zero-order valence-corrected chi connectivity index (χ0v) is 13.4. The third-order valence-corrected chi connectivity index (χ3v) is 5.05. The van der Waals surface area contributed by atoms with Gasteiger partial charge in [-0.3, -0.25) is 4.68 Å². The van der Waals surface area contributed by atoms with Crippen LogP contribution in [0.3, 0.4) is 0 Å². The van der Waals surface area contributed by atoms with E-state index in [1.54, 1.807) is 0 Å². The predicted molar refractivity (Wildman–Crippen MR) is 81.3 cm³/mol. The second-order valence-electron chi connectivity index (χ2n) is 6.61. The molecule has 0 aromatic carbocycles. The van der Waals surface area contributed by atoms with Crippen LogP contribution in [0.15, 0.2) is 0 Å². The van der Waals surface area contributed by atoms with E-state index in [0.29, 0.717) is 6.04 Å². The Morgan fingerprint density at radius 3 is 2.62 bits per heavy atom. The first-order valence-corrected chi connectivity index (χ1v) is 8.05. The third kappa shape index (κ3) is 2.74. The fourth-order valence-electron chi connectivity index (χ4n) is 3.99. The van der Waals surface area contributed by atoms with Crippen LogP contribution in [0.2, 0.25) is 0 Å². The lowest BCUT2D eigenvalue weighted by molar-refractivity contribution is -0.145. The number of nitrogens with zero attached hydrogens (tertiary/aromatic N) is 2. The summed E-state index contributed by atoms with van der Waals surface area (Å²) in [5.41, 5.74) is 9.58. The van der Waals surface area contributed by atoms with Gasteiger partial charge in [-0.05, 0) is 46.5 Å². The van der Waals surface area contributed by atoms with Crippen molar-refractivity contribution >= 4 is 0 Å². The Bertz CT molecular complexity index is 498. The fourth-order valence-corrected chi connectivity index (χ4v) is 3.99. The van der Waals surface area contributed by atoms with Crippen molar-refractivity contribution in [1.29, 1.82) is 0 Å². The highest BCUT2D eigenvalue weighted by Crippen LogP contribution is 2.40. The second-order valence-corrected chi connectivity index (χ2v) is 6.61. The molecule has 0 aliphatic carbocycles. The summed E-state index contributed by atoms with van der Waals surface area (Å²) in [5, 5.41) is 4.78. The summed E-state index contributed by atoms with van der Waals surface area (Å²) in [6.45, 7) is 8.68. The lowest BCUT2D eigenvalue weighted by atomic mass is 9.84. The smallest absolute Gasteiger partial charge is 0.0746 e. The van der Waals surface area contributed by atoms with E-state index in [-0.39, 0.29) is 11.6 Å². The van der Waals surface area contributed by atoms with Gasteiger partial charge in [-0.15, -0.1) is 0 Å². The van der Waals surface area contributed by atoms with Gasteiger partial charge in [-0.2, -0.15) is 5.10 Å². The van der Waals surface area contributed by atoms with Crippen molar-refractivity contribution in [3.05, 3.63) is 17.0 Å².